The summed E-state index contributed by atoms with van der Waals surface area (Å²) >= 11 is 0. The Kier molecular flexibility index (Phi) is 2.52. The molecule has 2 atom stereocenters. The number of rotatable bonds is 2. The fourth-order valence-corrected chi connectivity index (χ4v) is 1.84. The molecule has 1 aliphatic carbocycles. The third-order valence-electron chi connectivity index (χ3n) is 2.69. The Hall–Kier alpha value is -1.32. The molecule has 0 aromatic rings. The zero-order chi connectivity index (χ0) is 9.97. The van der Waals surface area contributed by atoms with Crippen molar-refractivity contribution in [3.63, 3.8) is 0 Å². The van der Waals surface area contributed by atoms with Crippen molar-refractivity contribution >= 4 is 11.8 Å². The molecule has 0 bridgehead atoms. The minimum atomic E-state index is -0.170. The van der Waals surface area contributed by atoms with Gasteiger partial charge < -0.3 is 10.6 Å². The van der Waals surface area contributed by atoms with E-state index >= 15 is 0 Å². The van der Waals surface area contributed by atoms with Crippen LogP contribution in [0.4, 0.5) is 0 Å². The molecular weight excluding hydrogens is 180 g/mol. The highest BCUT2D eigenvalue weighted by molar-refractivity contribution is 5.89. The zero-order valence-electron chi connectivity index (χ0n) is 7.95. The lowest BCUT2D eigenvalue weighted by Gasteiger charge is -2.13. The summed E-state index contributed by atoms with van der Waals surface area (Å²) in [6, 6.07) is 0.179. The molecule has 1 heterocycles. The minimum absolute atomic E-state index is 0.0000926. The van der Waals surface area contributed by atoms with Crippen LogP contribution >= 0.6 is 0 Å². The average Bonchev–Trinajstić information content (AvgIpc) is 2.75. The zero-order valence-corrected chi connectivity index (χ0v) is 7.95. The van der Waals surface area contributed by atoms with E-state index in [0.29, 0.717) is 13.0 Å². The summed E-state index contributed by atoms with van der Waals surface area (Å²) in [5.74, 6) is -0.191. The number of carbonyl (C=O) groups excluding carboxylic acids is 2. The monoisotopic (exact) mass is 194 g/mol. The van der Waals surface area contributed by atoms with Gasteiger partial charge in [-0.2, -0.15) is 0 Å². The number of hydrogen-bond donors (Lipinski definition) is 2. The van der Waals surface area contributed by atoms with Gasteiger partial charge in [0.05, 0.1) is 5.92 Å². The first kappa shape index (κ1) is 9.24. The largest absolute Gasteiger partial charge is 0.355 e. The van der Waals surface area contributed by atoms with E-state index in [1.807, 2.05) is 6.08 Å². The van der Waals surface area contributed by atoms with Crippen molar-refractivity contribution in [2.75, 3.05) is 6.54 Å². The Labute approximate surface area is 82.7 Å². The third-order valence-corrected chi connectivity index (χ3v) is 2.69. The molecule has 1 aliphatic heterocycles. The molecule has 0 aromatic carbocycles. The third kappa shape index (κ3) is 1.95. The van der Waals surface area contributed by atoms with Crippen LogP contribution in [0.3, 0.4) is 0 Å². The fraction of sp³-hybridized carbons (Fsp3) is 0.600. The van der Waals surface area contributed by atoms with Crippen molar-refractivity contribution in [3.8, 4) is 0 Å². The molecule has 2 aliphatic rings. The Morgan fingerprint density at radius 2 is 2.43 bits per heavy atom. The van der Waals surface area contributed by atoms with Gasteiger partial charge in [0.25, 0.3) is 0 Å². The first-order valence-electron chi connectivity index (χ1n) is 4.99. The smallest absolute Gasteiger partial charge is 0.225 e. The van der Waals surface area contributed by atoms with E-state index in [-0.39, 0.29) is 23.8 Å². The van der Waals surface area contributed by atoms with Crippen LogP contribution in [0.2, 0.25) is 0 Å². The van der Waals surface area contributed by atoms with Gasteiger partial charge in [-0.1, -0.05) is 12.2 Å². The van der Waals surface area contributed by atoms with Crippen LogP contribution in [0.15, 0.2) is 12.2 Å². The van der Waals surface area contributed by atoms with Crippen molar-refractivity contribution in [1.29, 1.82) is 0 Å². The minimum Gasteiger partial charge on any atom is -0.355 e. The summed E-state index contributed by atoms with van der Waals surface area (Å²) < 4.78 is 0. The van der Waals surface area contributed by atoms with Gasteiger partial charge in [0.1, 0.15) is 0 Å². The normalized spacial score (nSPS) is 30.4. The van der Waals surface area contributed by atoms with Crippen molar-refractivity contribution < 1.29 is 9.59 Å². The second-order valence-corrected chi connectivity index (χ2v) is 3.83. The molecule has 2 unspecified atom stereocenters. The number of hydrogen-bond acceptors (Lipinski definition) is 2. The van der Waals surface area contributed by atoms with Crippen LogP contribution in [0, 0.1) is 5.92 Å². The SMILES string of the molecule is O=C1CC(C(=O)NC2C=CCC2)CN1. The van der Waals surface area contributed by atoms with Crippen LogP contribution < -0.4 is 10.6 Å². The van der Waals surface area contributed by atoms with Gasteiger partial charge in [0.15, 0.2) is 0 Å². The predicted molar refractivity (Wildman–Crippen MR) is 51.4 cm³/mol. The number of nitrogens with one attached hydrogen (secondary N) is 2. The highest BCUT2D eigenvalue weighted by atomic mass is 16.2. The molecule has 2 N–H and O–H groups in total. The van der Waals surface area contributed by atoms with E-state index in [2.05, 4.69) is 16.7 Å². The lowest BCUT2D eigenvalue weighted by Crippen LogP contribution is -2.37. The van der Waals surface area contributed by atoms with Gasteiger partial charge in [-0.05, 0) is 12.8 Å². The lowest BCUT2D eigenvalue weighted by molar-refractivity contribution is -0.126. The molecule has 76 valence electrons. The number of allylic oxidation sites excluding steroid dienone is 1. The molecular formula is C10H14N2O2. The fourth-order valence-electron chi connectivity index (χ4n) is 1.84. The highest BCUT2D eigenvalue weighted by Crippen LogP contribution is 2.13. The van der Waals surface area contributed by atoms with Crippen molar-refractivity contribution in [1.82, 2.24) is 10.6 Å². The maximum absolute atomic E-state index is 11.6. The van der Waals surface area contributed by atoms with E-state index in [4.69, 9.17) is 0 Å². The second-order valence-electron chi connectivity index (χ2n) is 3.83. The second kappa shape index (κ2) is 3.82. The molecule has 0 aromatic heterocycles. The quantitative estimate of drug-likeness (QED) is 0.606. The van der Waals surface area contributed by atoms with Gasteiger partial charge in [-0.25, -0.2) is 0 Å². The Morgan fingerprint density at radius 3 is 3.00 bits per heavy atom. The molecule has 0 radical (unpaired) electrons. The van der Waals surface area contributed by atoms with Gasteiger partial charge in [0.2, 0.25) is 11.8 Å². The van der Waals surface area contributed by atoms with Crippen LogP contribution in [0.25, 0.3) is 0 Å². The maximum Gasteiger partial charge on any atom is 0.225 e. The Morgan fingerprint density at radius 1 is 1.57 bits per heavy atom. The first-order valence-corrected chi connectivity index (χ1v) is 4.99. The molecule has 2 amide bonds. The summed E-state index contributed by atoms with van der Waals surface area (Å²) in [6.07, 6.45) is 6.44. The Bertz CT molecular complexity index is 286. The van der Waals surface area contributed by atoms with Crippen molar-refractivity contribution in [2.45, 2.75) is 25.3 Å². The van der Waals surface area contributed by atoms with Crippen molar-refractivity contribution in [3.05, 3.63) is 12.2 Å². The lowest BCUT2D eigenvalue weighted by atomic mass is 10.1. The number of amides is 2. The summed E-state index contributed by atoms with van der Waals surface area (Å²) in [7, 11) is 0. The van der Waals surface area contributed by atoms with Gasteiger partial charge in [0, 0.05) is 19.0 Å². The van der Waals surface area contributed by atoms with Crippen LogP contribution in [-0.2, 0) is 9.59 Å². The molecule has 0 saturated carbocycles. The van der Waals surface area contributed by atoms with Crippen LogP contribution in [-0.4, -0.2) is 24.4 Å². The topological polar surface area (TPSA) is 58.2 Å². The standard InChI is InChI=1S/C10H14N2O2/c13-9-5-7(6-11-9)10(14)12-8-3-1-2-4-8/h1,3,7-8H,2,4-6H2,(H,11,13)(H,12,14). The van der Waals surface area contributed by atoms with E-state index in [1.165, 1.54) is 0 Å². The van der Waals surface area contributed by atoms with Gasteiger partial charge in [-0.3, -0.25) is 9.59 Å². The summed E-state index contributed by atoms with van der Waals surface area (Å²) in [4.78, 5) is 22.5. The Balaban J connectivity index is 1.83. The van der Waals surface area contributed by atoms with Gasteiger partial charge in [-0.15, -0.1) is 0 Å². The maximum atomic E-state index is 11.6. The van der Waals surface area contributed by atoms with Gasteiger partial charge >= 0.3 is 0 Å². The first-order chi connectivity index (χ1) is 6.75. The van der Waals surface area contributed by atoms with E-state index in [9.17, 15) is 9.59 Å². The molecule has 1 fully saturated rings. The van der Waals surface area contributed by atoms with Crippen LogP contribution in [0.1, 0.15) is 19.3 Å². The molecule has 0 spiro atoms. The predicted octanol–water partition coefficient (Wildman–Crippen LogP) is -0.0427. The summed E-state index contributed by atoms with van der Waals surface area (Å²) in [6.45, 7) is 0.487. The molecule has 2 rings (SSSR count). The highest BCUT2D eigenvalue weighted by Gasteiger charge is 2.28. The molecule has 1 saturated heterocycles. The van der Waals surface area contributed by atoms with E-state index < -0.39 is 0 Å². The van der Waals surface area contributed by atoms with E-state index in [1.54, 1.807) is 0 Å². The van der Waals surface area contributed by atoms with Crippen LogP contribution in [0.5, 0.6) is 0 Å². The molecule has 4 heteroatoms. The average molecular weight is 194 g/mol. The molecule has 14 heavy (non-hydrogen) atoms. The number of carbonyl (C=O) groups is 2. The van der Waals surface area contributed by atoms with Crippen molar-refractivity contribution in [2.24, 2.45) is 5.92 Å². The summed E-state index contributed by atoms with van der Waals surface area (Å²) in [5, 5.41) is 5.58. The molecule has 4 nitrogen and oxygen atoms in total. The van der Waals surface area contributed by atoms with E-state index in [0.717, 1.165) is 12.8 Å². The summed E-state index contributed by atoms with van der Waals surface area (Å²) in [5.41, 5.74) is 0.